The van der Waals surface area contributed by atoms with Gasteiger partial charge in [-0.1, -0.05) is 6.08 Å². The maximum absolute atomic E-state index is 13.7. The summed E-state index contributed by atoms with van der Waals surface area (Å²) in [6.07, 6.45) is 3.08. The Kier molecular flexibility index (Phi) is 3.12. The highest BCUT2D eigenvalue weighted by Gasteiger charge is 2.21. The zero-order chi connectivity index (χ0) is 11.0. The van der Waals surface area contributed by atoms with E-state index in [1.807, 2.05) is 0 Å². The van der Waals surface area contributed by atoms with Crippen LogP contribution in [0.15, 0.2) is 22.7 Å². The molecule has 1 aromatic rings. The van der Waals surface area contributed by atoms with E-state index in [-0.39, 0.29) is 15.4 Å². The summed E-state index contributed by atoms with van der Waals surface area (Å²) in [7, 11) is 0. The first-order chi connectivity index (χ1) is 7.09. The maximum Gasteiger partial charge on any atom is 0.147 e. The molecule has 0 spiro atoms. The molecule has 2 rings (SSSR count). The van der Waals surface area contributed by atoms with E-state index in [1.165, 1.54) is 12.1 Å². The fourth-order valence-corrected chi connectivity index (χ4v) is 2.30. The van der Waals surface area contributed by atoms with Crippen molar-refractivity contribution in [1.29, 1.82) is 0 Å². The molecule has 1 aliphatic carbocycles. The van der Waals surface area contributed by atoms with E-state index in [0.29, 0.717) is 12.0 Å². The second-order valence-corrected chi connectivity index (χ2v) is 4.88. The normalized spacial score (nSPS) is 20.5. The fraction of sp³-hybridized carbons (Fsp3) is 0.273. The largest absolute Gasteiger partial charge is 0.206 e. The lowest BCUT2D eigenvalue weighted by Gasteiger charge is -2.06. The summed E-state index contributed by atoms with van der Waals surface area (Å²) in [5.41, 5.74) is 0.707. The van der Waals surface area contributed by atoms with Crippen LogP contribution in [0.5, 0.6) is 0 Å². The van der Waals surface area contributed by atoms with Gasteiger partial charge in [-0.15, -0.1) is 11.6 Å². The van der Waals surface area contributed by atoms with Gasteiger partial charge in [-0.05, 0) is 46.5 Å². The van der Waals surface area contributed by atoms with Gasteiger partial charge < -0.3 is 0 Å². The van der Waals surface area contributed by atoms with Gasteiger partial charge in [-0.2, -0.15) is 0 Å². The standard InChI is InChI=1S/C11H8BrClF2/c12-8-3-4-9(14)10(11(8)15)6-1-2-7(13)5-6/h3-5,7H,1-2H2. The molecule has 15 heavy (non-hydrogen) atoms. The van der Waals surface area contributed by atoms with Gasteiger partial charge in [-0.3, -0.25) is 0 Å². The number of hydrogen-bond acceptors (Lipinski definition) is 0. The summed E-state index contributed by atoms with van der Waals surface area (Å²) >= 11 is 8.91. The molecule has 1 aliphatic rings. The van der Waals surface area contributed by atoms with Crippen molar-refractivity contribution in [3.63, 3.8) is 0 Å². The second kappa shape index (κ2) is 4.22. The molecule has 0 saturated heterocycles. The minimum atomic E-state index is -0.549. The molecule has 4 heteroatoms. The summed E-state index contributed by atoms with van der Waals surface area (Å²) < 4.78 is 27.4. The van der Waals surface area contributed by atoms with Gasteiger partial charge in [0.25, 0.3) is 0 Å². The Hall–Kier alpha value is -0.410. The van der Waals surface area contributed by atoms with Gasteiger partial charge in [0.05, 0.1) is 15.4 Å². The van der Waals surface area contributed by atoms with E-state index in [1.54, 1.807) is 6.08 Å². The second-order valence-electron chi connectivity index (χ2n) is 3.46. The number of benzene rings is 1. The van der Waals surface area contributed by atoms with Crippen LogP contribution in [0.3, 0.4) is 0 Å². The number of rotatable bonds is 1. The molecule has 0 N–H and O–H groups in total. The lowest BCUT2D eigenvalue weighted by atomic mass is 10.0. The predicted octanol–water partition coefficient (Wildman–Crippen LogP) is 4.51. The molecule has 0 saturated carbocycles. The van der Waals surface area contributed by atoms with Crippen LogP contribution in [-0.2, 0) is 0 Å². The molecule has 1 aromatic carbocycles. The van der Waals surface area contributed by atoms with Gasteiger partial charge in [-0.25, -0.2) is 8.78 Å². The van der Waals surface area contributed by atoms with Crippen LogP contribution in [-0.4, -0.2) is 5.38 Å². The van der Waals surface area contributed by atoms with Crippen molar-refractivity contribution < 1.29 is 8.78 Å². The third-order valence-corrected chi connectivity index (χ3v) is 3.39. The van der Waals surface area contributed by atoms with Crippen molar-refractivity contribution in [2.75, 3.05) is 0 Å². The lowest BCUT2D eigenvalue weighted by molar-refractivity contribution is 0.571. The zero-order valence-electron chi connectivity index (χ0n) is 7.74. The van der Waals surface area contributed by atoms with Crippen LogP contribution in [0.1, 0.15) is 18.4 Å². The first-order valence-electron chi connectivity index (χ1n) is 4.58. The Bertz CT molecular complexity index is 429. The minimum absolute atomic E-state index is 0.0486. The number of allylic oxidation sites excluding steroid dienone is 2. The van der Waals surface area contributed by atoms with Crippen LogP contribution in [0.4, 0.5) is 8.78 Å². The lowest BCUT2D eigenvalue weighted by Crippen LogP contribution is -1.94. The minimum Gasteiger partial charge on any atom is -0.206 e. The topological polar surface area (TPSA) is 0 Å². The van der Waals surface area contributed by atoms with E-state index in [2.05, 4.69) is 15.9 Å². The summed E-state index contributed by atoms with van der Waals surface area (Å²) in [5, 5.41) is -0.113. The van der Waals surface area contributed by atoms with E-state index in [0.717, 1.165) is 6.42 Å². The van der Waals surface area contributed by atoms with Crippen molar-refractivity contribution in [3.05, 3.63) is 39.9 Å². The molecular weight excluding hydrogens is 285 g/mol. The highest BCUT2D eigenvalue weighted by atomic mass is 79.9. The molecule has 0 fully saturated rings. The number of halogens is 4. The average Bonchev–Trinajstić information content (AvgIpc) is 2.59. The molecule has 0 amide bonds. The third kappa shape index (κ3) is 2.08. The zero-order valence-corrected chi connectivity index (χ0v) is 10.1. The fourth-order valence-electron chi connectivity index (χ4n) is 1.71. The van der Waals surface area contributed by atoms with Crippen LogP contribution in [0, 0.1) is 11.6 Å². The van der Waals surface area contributed by atoms with Crippen LogP contribution >= 0.6 is 27.5 Å². The van der Waals surface area contributed by atoms with Crippen molar-refractivity contribution in [3.8, 4) is 0 Å². The molecule has 0 radical (unpaired) electrons. The van der Waals surface area contributed by atoms with Gasteiger partial charge in [0.15, 0.2) is 0 Å². The van der Waals surface area contributed by atoms with Crippen molar-refractivity contribution in [2.45, 2.75) is 18.2 Å². The molecule has 0 bridgehead atoms. The van der Waals surface area contributed by atoms with Crippen molar-refractivity contribution >= 4 is 33.1 Å². The monoisotopic (exact) mass is 292 g/mol. The molecule has 1 atom stereocenters. The van der Waals surface area contributed by atoms with Crippen molar-refractivity contribution in [2.24, 2.45) is 0 Å². The number of alkyl halides is 1. The van der Waals surface area contributed by atoms with E-state index >= 15 is 0 Å². The number of hydrogen-bond donors (Lipinski definition) is 0. The molecule has 0 aromatic heterocycles. The van der Waals surface area contributed by atoms with Gasteiger partial charge in [0.1, 0.15) is 11.6 Å². The highest BCUT2D eigenvalue weighted by molar-refractivity contribution is 9.10. The average molecular weight is 294 g/mol. The van der Waals surface area contributed by atoms with Crippen molar-refractivity contribution in [1.82, 2.24) is 0 Å². The smallest absolute Gasteiger partial charge is 0.147 e. The first kappa shape index (κ1) is 11.1. The highest BCUT2D eigenvalue weighted by Crippen LogP contribution is 2.35. The summed E-state index contributed by atoms with van der Waals surface area (Å²) in [6.45, 7) is 0. The summed E-state index contributed by atoms with van der Waals surface area (Å²) in [5.74, 6) is -1.08. The quantitative estimate of drug-likeness (QED) is 0.528. The summed E-state index contributed by atoms with van der Waals surface area (Å²) in [4.78, 5) is 0. The van der Waals surface area contributed by atoms with Gasteiger partial charge >= 0.3 is 0 Å². The Morgan fingerprint density at radius 1 is 1.33 bits per heavy atom. The Labute approximate surface area is 100 Å². The molecular formula is C11H8BrClF2. The Morgan fingerprint density at radius 2 is 2.07 bits per heavy atom. The Balaban J connectivity index is 2.52. The maximum atomic E-state index is 13.7. The SMILES string of the molecule is Fc1ccc(Br)c(F)c1C1=CC(Cl)CC1. The molecule has 0 heterocycles. The Morgan fingerprint density at radius 3 is 2.67 bits per heavy atom. The third-order valence-electron chi connectivity index (χ3n) is 2.44. The van der Waals surface area contributed by atoms with Gasteiger partial charge in [0.2, 0.25) is 0 Å². The van der Waals surface area contributed by atoms with Gasteiger partial charge in [0, 0.05) is 0 Å². The van der Waals surface area contributed by atoms with E-state index in [4.69, 9.17) is 11.6 Å². The molecule has 0 nitrogen and oxygen atoms in total. The van der Waals surface area contributed by atoms with E-state index in [9.17, 15) is 8.78 Å². The van der Waals surface area contributed by atoms with Crippen LogP contribution < -0.4 is 0 Å². The van der Waals surface area contributed by atoms with Crippen LogP contribution in [0.25, 0.3) is 5.57 Å². The first-order valence-corrected chi connectivity index (χ1v) is 5.81. The molecule has 80 valence electrons. The van der Waals surface area contributed by atoms with E-state index < -0.39 is 11.6 Å². The molecule has 1 unspecified atom stereocenters. The predicted molar refractivity (Wildman–Crippen MR) is 60.9 cm³/mol. The summed E-state index contributed by atoms with van der Waals surface area (Å²) in [6, 6.07) is 2.62. The molecule has 0 aliphatic heterocycles. The van der Waals surface area contributed by atoms with Crippen LogP contribution in [0.2, 0.25) is 0 Å².